The molecule has 4 rings (SSSR count). The Morgan fingerprint density at radius 1 is 1.52 bits per heavy atom. The second-order valence-electron chi connectivity index (χ2n) is 6.97. The normalized spacial score (nSPS) is 32.2. The molecule has 0 spiro atoms. The summed E-state index contributed by atoms with van der Waals surface area (Å²) in [6, 6.07) is 3.28. The topological polar surface area (TPSA) is 132 Å². The molecule has 4 N–H and O–H groups in total. The van der Waals surface area contributed by atoms with E-state index >= 15 is 0 Å². The van der Waals surface area contributed by atoms with E-state index in [1.54, 1.807) is 19.1 Å². The number of fused-ring (bicyclic) bond motifs is 1. The molecular weight excluding hydrogens is 328 g/mol. The Bertz CT molecular complexity index is 835. The Morgan fingerprint density at radius 3 is 3.00 bits per heavy atom. The number of hydrogen-bond acceptors (Lipinski definition) is 8. The summed E-state index contributed by atoms with van der Waals surface area (Å²) < 4.78 is 12.3. The summed E-state index contributed by atoms with van der Waals surface area (Å²) in [7, 11) is 0. The van der Waals surface area contributed by atoms with Crippen molar-refractivity contribution in [2.75, 3.05) is 18.9 Å². The van der Waals surface area contributed by atoms with Crippen LogP contribution >= 0.6 is 0 Å². The maximum Gasteiger partial charge on any atom is 0.309 e. The number of hydrogen-bond donors (Lipinski definition) is 3. The highest BCUT2D eigenvalue weighted by molar-refractivity contribution is 5.75. The molecule has 25 heavy (non-hydrogen) atoms. The molecule has 9 heteroatoms. The van der Waals surface area contributed by atoms with Crippen molar-refractivity contribution < 1.29 is 24.5 Å². The third-order valence-electron chi connectivity index (χ3n) is 4.99. The van der Waals surface area contributed by atoms with Crippen molar-refractivity contribution in [1.29, 1.82) is 0 Å². The van der Waals surface area contributed by atoms with Crippen LogP contribution in [0.2, 0.25) is 0 Å². The smallest absolute Gasteiger partial charge is 0.309 e. The number of nitrogens with two attached hydrogens (primary N) is 1. The highest BCUT2D eigenvalue weighted by Gasteiger charge is 2.58. The van der Waals surface area contributed by atoms with E-state index in [1.165, 1.54) is 10.8 Å². The summed E-state index contributed by atoms with van der Waals surface area (Å²) in [5.74, 6) is -0.0734. The van der Waals surface area contributed by atoms with Gasteiger partial charge in [0.1, 0.15) is 30.2 Å². The van der Waals surface area contributed by atoms with Crippen LogP contribution in [-0.4, -0.2) is 55.7 Å². The van der Waals surface area contributed by atoms with Crippen molar-refractivity contribution in [3.63, 3.8) is 0 Å². The Balaban J connectivity index is 1.61. The largest absolute Gasteiger partial charge is 0.462 e. The van der Waals surface area contributed by atoms with Gasteiger partial charge in [0, 0.05) is 0 Å². The van der Waals surface area contributed by atoms with Gasteiger partial charge in [0.25, 0.3) is 0 Å². The first-order valence-electron chi connectivity index (χ1n) is 8.15. The molecule has 0 radical (unpaired) electrons. The third-order valence-corrected chi connectivity index (χ3v) is 4.99. The number of carbonyl (C=O) groups is 1. The van der Waals surface area contributed by atoms with E-state index < -0.39 is 17.3 Å². The van der Waals surface area contributed by atoms with Crippen LogP contribution in [0.3, 0.4) is 0 Å². The maximum atomic E-state index is 11.8. The minimum Gasteiger partial charge on any atom is -0.462 e. The van der Waals surface area contributed by atoms with E-state index in [1.807, 2.05) is 0 Å². The van der Waals surface area contributed by atoms with Crippen LogP contribution in [0, 0.1) is 5.92 Å². The maximum absolute atomic E-state index is 11.8. The van der Waals surface area contributed by atoms with E-state index in [0.29, 0.717) is 11.2 Å². The lowest BCUT2D eigenvalue weighted by Gasteiger charge is -2.31. The zero-order valence-corrected chi connectivity index (χ0v) is 13.8. The van der Waals surface area contributed by atoms with Crippen molar-refractivity contribution in [3.05, 3.63) is 24.2 Å². The molecule has 1 aliphatic heterocycles. The average molecular weight is 348 g/mol. The van der Waals surface area contributed by atoms with Crippen molar-refractivity contribution in [2.24, 2.45) is 5.92 Å². The SMILES string of the molecule is C[C@]1(COC(=O)C2CC2)OC[C@](O)(c2ccc3c(N)ncnn23)[C@@H]1O. The van der Waals surface area contributed by atoms with Gasteiger partial charge in [-0.1, -0.05) is 0 Å². The molecule has 2 aliphatic rings. The van der Waals surface area contributed by atoms with E-state index in [9.17, 15) is 15.0 Å². The van der Waals surface area contributed by atoms with E-state index in [4.69, 9.17) is 15.2 Å². The number of aromatic nitrogens is 3. The molecule has 134 valence electrons. The van der Waals surface area contributed by atoms with Gasteiger partial charge in [0.05, 0.1) is 18.2 Å². The first-order chi connectivity index (χ1) is 11.8. The number of ether oxygens (including phenoxy) is 2. The van der Waals surface area contributed by atoms with Crippen LogP contribution in [0.25, 0.3) is 5.52 Å². The quantitative estimate of drug-likeness (QED) is 0.636. The number of nitrogens with zero attached hydrogens (tertiary/aromatic N) is 3. The minimum atomic E-state index is -1.71. The minimum absolute atomic E-state index is 0.0460. The van der Waals surface area contributed by atoms with Gasteiger partial charge in [-0.2, -0.15) is 5.10 Å². The number of carbonyl (C=O) groups excluding carboxylic acids is 1. The van der Waals surface area contributed by atoms with Crippen molar-refractivity contribution in [1.82, 2.24) is 14.6 Å². The Hall–Kier alpha value is -2.23. The molecule has 0 amide bonds. The monoisotopic (exact) mass is 348 g/mol. The highest BCUT2D eigenvalue weighted by atomic mass is 16.6. The zero-order chi connectivity index (χ0) is 17.8. The summed E-state index contributed by atoms with van der Waals surface area (Å²) in [5.41, 5.74) is 3.73. The van der Waals surface area contributed by atoms with Gasteiger partial charge in [0.2, 0.25) is 0 Å². The molecule has 0 unspecified atom stereocenters. The molecule has 3 heterocycles. The summed E-state index contributed by atoms with van der Waals surface area (Å²) in [6.07, 6.45) is 1.62. The zero-order valence-electron chi connectivity index (χ0n) is 13.8. The summed E-state index contributed by atoms with van der Waals surface area (Å²) in [6.45, 7) is 1.31. The average Bonchev–Trinajstić information content (AvgIpc) is 3.31. The fourth-order valence-corrected chi connectivity index (χ4v) is 3.20. The number of esters is 1. The van der Waals surface area contributed by atoms with Crippen LogP contribution in [0.1, 0.15) is 25.5 Å². The molecule has 2 aromatic heterocycles. The number of aliphatic hydroxyl groups excluding tert-OH is 1. The predicted octanol–water partition coefficient (Wildman–Crippen LogP) is -0.398. The fourth-order valence-electron chi connectivity index (χ4n) is 3.20. The molecule has 1 saturated carbocycles. The van der Waals surface area contributed by atoms with E-state index in [2.05, 4.69) is 10.1 Å². The van der Waals surface area contributed by atoms with Gasteiger partial charge in [-0.3, -0.25) is 4.79 Å². The standard InChI is InChI=1S/C16H20N4O5/c1-15(6-24-13(21)9-2-3-9)14(22)16(23,7-25-15)11-5-4-10-12(17)18-8-19-20(10)11/h4-5,8-9,14,22-23H,2-3,6-7H2,1H3,(H2,17,18,19)/t14-,15-,16+/m1/s1. The van der Waals surface area contributed by atoms with Gasteiger partial charge in [-0.15, -0.1) is 0 Å². The molecule has 2 aromatic rings. The van der Waals surface area contributed by atoms with Crippen LogP contribution < -0.4 is 5.73 Å². The summed E-state index contributed by atoms with van der Waals surface area (Å²) >= 11 is 0. The lowest BCUT2D eigenvalue weighted by Crippen LogP contribution is -2.50. The van der Waals surface area contributed by atoms with E-state index in [0.717, 1.165) is 12.8 Å². The van der Waals surface area contributed by atoms with Crippen LogP contribution in [-0.2, 0) is 19.9 Å². The second kappa shape index (κ2) is 5.38. The molecule has 3 atom stereocenters. The van der Waals surface area contributed by atoms with Gasteiger partial charge < -0.3 is 25.4 Å². The van der Waals surface area contributed by atoms with Crippen molar-refractivity contribution in [3.8, 4) is 0 Å². The van der Waals surface area contributed by atoms with Crippen LogP contribution in [0.15, 0.2) is 18.5 Å². The summed E-state index contributed by atoms with van der Waals surface area (Å²) in [5, 5.41) is 26.0. The van der Waals surface area contributed by atoms with Crippen molar-refractivity contribution >= 4 is 17.3 Å². The Kier molecular flexibility index (Phi) is 3.50. The molecular formula is C16H20N4O5. The highest BCUT2D eigenvalue weighted by Crippen LogP contribution is 2.41. The van der Waals surface area contributed by atoms with Crippen LogP contribution in [0.5, 0.6) is 0 Å². The van der Waals surface area contributed by atoms with Gasteiger partial charge in [-0.05, 0) is 31.9 Å². The first-order valence-corrected chi connectivity index (χ1v) is 8.15. The van der Waals surface area contributed by atoms with Crippen molar-refractivity contribution in [2.45, 2.75) is 37.1 Å². The van der Waals surface area contributed by atoms with Gasteiger partial charge in [0.15, 0.2) is 11.4 Å². The van der Waals surface area contributed by atoms with Crippen LogP contribution in [0.4, 0.5) is 5.82 Å². The Labute approximate surface area is 143 Å². The van der Waals surface area contributed by atoms with Gasteiger partial charge >= 0.3 is 5.97 Å². The molecule has 1 aliphatic carbocycles. The number of nitrogen functional groups attached to an aromatic ring is 1. The summed E-state index contributed by atoms with van der Waals surface area (Å²) in [4.78, 5) is 15.7. The van der Waals surface area contributed by atoms with Gasteiger partial charge in [-0.25, -0.2) is 9.50 Å². The Morgan fingerprint density at radius 2 is 2.28 bits per heavy atom. The molecule has 1 saturated heterocycles. The van der Waals surface area contributed by atoms with E-state index in [-0.39, 0.29) is 30.9 Å². The number of rotatable bonds is 4. The fraction of sp³-hybridized carbons (Fsp3) is 0.562. The predicted molar refractivity (Wildman–Crippen MR) is 85.3 cm³/mol. The first kappa shape index (κ1) is 16.2. The lowest BCUT2D eigenvalue weighted by atomic mass is 9.86. The lowest BCUT2D eigenvalue weighted by molar-refractivity contribution is -0.159. The molecule has 2 fully saturated rings. The second-order valence-corrected chi connectivity index (χ2v) is 6.97. The molecule has 0 aromatic carbocycles. The third kappa shape index (κ3) is 2.46. The molecule has 0 bridgehead atoms. The number of aliphatic hydroxyl groups is 2. The molecule has 9 nitrogen and oxygen atoms in total. The number of anilines is 1.